The SMILES string of the molecule is COc1cc(OC2CCCc3ccccc32)c(F)cc1N. The maximum Gasteiger partial charge on any atom is 0.167 e. The summed E-state index contributed by atoms with van der Waals surface area (Å²) in [6, 6.07) is 10.9. The first-order chi connectivity index (χ1) is 10.2. The van der Waals surface area contributed by atoms with Crippen LogP contribution in [0.1, 0.15) is 30.1 Å². The molecule has 3 nitrogen and oxygen atoms in total. The summed E-state index contributed by atoms with van der Waals surface area (Å²) in [6.45, 7) is 0. The van der Waals surface area contributed by atoms with Gasteiger partial charge in [0.05, 0.1) is 12.8 Å². The molecule has 0 heterocycles. The van der Waals surface area contributed by atoms with Crippen molar-refractivity contribution in [3.8, 4) is 11.5 Å². The second-order valence-electron chi connectivity index (χ2n) is 5.22. The first-order valence-electron chi connectivity index (χ1n) is 7.06. The molecule has 4 heteroatoms. The molecule has 2 aromatic carbocycles. The summed E-state index contributed by atoms with van der Waals surface area (Å²) in [5, 5.41) is 0. The van der Waals surface area contributed by atoms with E-state index in [1.54, 1.807) is 0 Å². The Labute approximate surface area is 123 Å². The molecule has 0 saturated heterocycles. The zero-order valence-corrected chi connectivity index (χ0v) is 11.9. The number of nitrogens with two attached hydrogens (primary N) is 1. The van der Waals surface area contributed by atoms with Gasteiger partial charge in [-0.1, -0.05) is 24.3 Å². The van der Waals surface area contributed by atoms with E-state index < -0.39 is 5.82 Å². The highest BCUT2D eigenvalue weighted by Gasteiger charge is 2.23. The molecule has 0 fully saturated rings. The number of hydrogen-bond acceptors (Lipinski definition) is 3. The van der Waals surface area contributed by atoms with Crippen LogP contribution in [0.15, 0.2) is 36.4 Å². The number of fused-ring (bicyclic) bond motifs is 1. The first-order valence-corrected chi connectivity index (χ1v) is 7.06. The van der Waals surface area contributed by atoms with Gasteiger partial charge in [-0.3, -0.25) is 0 Å². The van der Waals surface area contributed by atoms with Gasteiger partial charge in [0.15, 0.2) is 11.6 Å². The van der Waals surface area contributed by atoms with Crippen molar-refractivity contribution in [2.75, 3.05) is 12.8 Å². The molecule has 0 radical (unpaired) electrons. The first kappa shape index (κ1) is 13.7. The van der Waals surface area contributed by atoms with Crippen LogP contribution in [0.5, 0.6) is 11.5 Å². The predicted molar refractivity (Wildman–Crippen MR) is 80.1 cm³/mol. The predicted octanol–water partition coefficient (Wildman–Crippen LogP) is 3.87. The van der Waals surface area contributed by atoms with Crippen molar-refractivity contribution < 1.29 is 13.9 Å². The number of hydrogen-bond donors (Lipinski definition) is 1. The fourth-order valence-corrected chi connectivity index (χ4v) is 2.80. The van der Waals surface area contributed by atoms with Gasteiger partial charge < -0.3 is 15.2 Å². The zero-order valence-electron chi connectivity index (χ0n) is 11.9. The van der Waals surface area contributed by atoms with Gasteiger partial charge in [0, 0.05) is 12.1 Å². The number of nitrogen functional groups attached to an aromatic ring is 1. The lowest BCUT2D eigenvalue weighted by Crippen LogP contribution is -2.15. The number of aryl methyl sites for hydroxylation is 1. The van der Waals surface area contributed by atoms with E-state index in [1.165, 1.54) is 24.8 Å². The minimum absolute atomic E-state index is 0.127. The summed E-state index contributed by atoms with van der Waals surface area (Å²) in [5.74, 6) is 0.148. The maximum absolute atomic E-state index is 14.0. The van der Waals surface area contributed by atoms with Gasteiger partial charge in [0.25, 0.3) is 0 Å². The molecular weight excluding hydrogens is 269 g/mol. The molecule has 3 rings (SSSR count). The van der Waals surface area contributed by atoms with Gasteiger partial charge >= 0.3 is 0 Å². The molecule has 0 saturated carbocycles. The van der Waals surface area contributed by atoms with E-state index in [0.717, 1.165) is 24.8 Å². The van der Waals surface area contributed by atoms with Crippen LogP contribution in [0.3, 0.4) is 0 Å². The molecule has 0 aliphatic heterocycles. The van der Waals surface area contributed by atoms with Gasteiger partial charge in [-0.05, 0) is 30.4 Å². The summed E-state index contributed by atoms with van der Waals surface area (Å²) in [6.07, 6.45) is 2.83. The Kier molecular flexibility index (Phi) is 3.69. The number of ether oxygens (including phenoxy) is 2. The van der Waals surface area contributed by atoms with Crippen LogP contribution in [0, 0.1) is 5.82 Å². The minimum Gasteiger partial charge on any atom is -0.494 e. The van der Waals surface area contributed by atoms with Crippen molar-refractivity contribution in [2.24, 2.45) is 0 Å². The quantitative estimate of drug-likeness (QED) is 0.871. The highest BCUT2D eigenvalue weighted by atomic mass is 19.1. The molecule has 2 aromatic rings. The Balaban J connectivity index is 1.91. The number of rotatable bonds is 3. The van der Waals surface area contributed by atoms with E-state index >= 15 is 0 Å². The Hall–Kier alpha value is -2.23. The summed E-state index contributed by atoms with van der Waals surface area (Å²) >= 11 is 0. The third-order valence-corrected chi connectivity index (χ3v) is 3.87. The van der Waals surface area contributed by atoms with Crippen LogP contribution in [0.4, 0.5) is 10.1 Å². The van der Waals surface area contributed by atoms with Crippen molar-refractivity contribution in [2.45, 2.75) is 25.4 Å². The number of anilines is 1. The van der Waals surface area contributed by atoms with E-state index in [2.05, 4.69) is 6.07 Å². The van der Waals surface area contributed by atoms with Crippen LogP contribution in [0.2, 0.25) is 0 Å². The lowest BCUT2D eigenvalue weighted by Gasteiger charge is -2.26. The molecule has 1 aliphatic rings. The largest absolute Gasteiger partial charge is 0.494 e. The highest BCUT2D eigenvalue weighted by Crippen LogP contribution is 2.37. The Morgan fingerprint density at radius 2 is 2.00 bits per heavy atom. The zero-order chi connectivity index (χ0) is 14.8. The third kappa shape index (κ3) is 2.66. The number of benzene rings is 2. The van der Waals surface area contributed by atoms with Crippen molar-refractivity contribution in [3.05, 3.63) is 53.3 Å². The molecule has 1 atom stereocenters. The van der Waals surface area contributed by atoms with Crippen LogP contribution in [-0.2, 0) is 6.42 Å². The molecule has 110 valence electrons. The molecule has 0 aromatic heterocycles. The standard InChI is InChI=1S/C17H18FNO2/c1-20-17-10-16(13(18)9-14(17)19)21-15-8-4-6-11-5-2-3-7-12(11)15/h2-3,5,7,9-10,15H,4,6,8,19H2,1H3. The van der Waals surface area contributed by atoms with Gasteiger partial charge in [0.1, 0.15) is 11.9 Å². The van der Waals surface area contributed by atoms with Gasteiger partial charge in [-0.25, -0.2) is 4.39 Å². The molecule has 0 amide bonds. The second kappa shape index (κ2) is 5.64. The molecule has 0 bridgehead atoms. The smallest absolute Gasteiger partial charge is 0.167 e. The van der Waals surface area contributed by atoms with E-state index in [1.807, 2.05) is 18.2 Å². The molecule has 0 spiro atoms. The average Bonchev–Trinajstić information content (AvgIpc) is 2.50. The highest BCUT2D eigenvalue weighted by molar-refractivity contribution is 5.56. The summed E-state index contributed by atoms with van der Waals surface area (Å²) < 4.78 is 25.1. The summed E-state index contributed by atoms with van der Waals surface area (Å²) in [7, 11) is 1.50. The lowest BCUT2D eigenvalue weighted by atomic mass is 9.89. The van der Waals surface area contributed by atoms with E-state index in [4.69, 9.17) is 15.2 Å². The second-order valence-corrected chi connectivity index (χ2v) is 5.22. The molecule has 21 heavy (non-hydrogen) atoms. The lowest BCUT2D eigenvalue weighted by molar-refractivity contribution is 0.175. The van der Waals surface area contributed by atoms with Crippen molar-refractivity contribution in [1.29, 1.82) is 0 Å². The van der Waals surface area contributed by atoms with Gasteiger partial charge in [-0.2, -0.15) is 0 Å². The van der Waals surface area contributed by atoms with Crippen molar-refractivity contribution in [3.63, 3.8) is 0 Å². The van der Waals surface area contributed by atoms with Crippen LogP contribution < -0.4 is 15.2 Å². The number of halogens is 1. The van der Waals surface area contributed by atoms with Crippen LogP contribution in [-0.4, -0.2) is 7.11 Å². The van der Waals surface area contributed by atoms with E-state index in [0.29, 0.717) is 5.75 Å². The molecule has 1 unspecified atom stereocenters. The third-order valence-electron chi connectivity index (χ3n) is 3.87. The molecular formula is C17H18FNO2. The van der Waals surface area contributed by atoms with Crippen molar-refractivity contribution in [1.82, 2.24) is 0 Å². The van der Waals surface area contributed by atoms with Crippen molar-refractivity contribution >= 4 is 5.69 Å². The monoisotopic (exact) mass is 287 g/mol. The van der Waals surface area contributed by atoms with Crippen LogP contribution >= 0.6 is 0 Å². The molecule has 1 aliphatic carbocycles. The van der Waals surface area contributed by atoms with E-state index in [9.17, 15) is 4.39 Å². The Morgan fingerprint density at radius 3 is 2.81 bits per heavy atom. The van der Waals surface area contributed by atoms with Gasteiger partial charge in [0.2, 0.25) is 0 Å². The topological polar surface area (TPSA) is 44.5 Å². The fourth-order valence-electron chi connectivity index (χ4n) is 2.80. The maximum atomic E-state index is 14.0. The van der Waals surface area contributed by atoms with E-state index in [-0.39, 0.29) is 17.5 Å². The minimum atomic E-state index is -0.462. The summed E-state index contributed by atoms with van der Waals surface area (Å²) in [5.41, 5.74) is 8.37. The summed E-state index contributed by atoms with van der Waals surface area (Å²) in [4.78, 5) is 0. The van der Waals surface area contributed by atoms with Crippen LogP contribution in [0.25, 0.3) is 0 Å². The van der Waals surface area contributed by atoms with Gasteiger partial charge in [-0.15, -0.1) is 0 Å². The fraction of sp³-hybridized carbons (Fsp3) is 0.294. The normalized spacial score (nSPS) is 17.1. The number of methoxy groups -OCH3 is 1. The Bertz CT molecular complexity index is 657. The average molecular weight is 287 g/mol. The molecule has 2 N–H and O–H groups in total. The Morgan fingerprint density at radius 1 is 1.19 bits per heavy atom.